The van der Waals surface area contributed by atoms with Gasteiger partial charge in [0, 0.05) is 46.7 Å². The molecule has 1 aliphatic rings. The first-order chi connectivity index (χ1) is 22.6. The number of pyridine rings is 2. The number of nitriles is 2. The van der Waals surface area contributed by atoms with Gasteiger partial charge in [0.2, 0.25) is 0 Å². The van der Waals surface area contributed by atoms with Crippen LogP contribution in [-0.2, 0) is 0 Å². The second-order valence-electron chi connectivity index (χ2n) is 10.8. The van der Waals surface area contributed by atoms with Gasteiger partial charge in [-0.15, -0.1) is 0 Å². The molecule has 214 valence electrons. The molecule has 2 amide bonds. The van der Waals surface area contributed by atoms with Crippen LogP contribution in [0, 0.1) is 22.7 Å². The van der Waals surface area contributed by atoms with E-state index in [1.165, 1.54) is 4.90 Å². The maximum atomic E-state index is 14.0. The van der Waals surface area contributed by atoms with Crippen LogP contribution < -0.4 is 4.90 Å². The van der Waals surface area contributed by atoms with Crippen molar-refractivity contribution >= 4 is 39.3 Å². The molecule has 0 atom stereocenters. The number of imide groups is 1. The van der Waals surface area contributed by atoms with Gasteiger partial charge in [-0.05, 0) is 71.8 Å². The van der Waals surface area contributed by atoms with Crippen molar-refractivity contribution in [3.05, 3.63) is 144 Å². The van der Waals surface area contributed by atoms with Gasteiger partial charge in [-0.25, -0.2) is 4.90 Å². The molecule has 46 heavy (non-hydrogen) atoms. The first-order valence-electron chi connectivity index (χ1n) is 14.4. The van der Waals surface area contributed by atoms with E-state index in [2.05, 4.69) is 22.1 Å². The minimum Gasteiger partial charge on any atom is -0.308 e. The van der Waals surface area contributed by atoms with Crippen LogP contribution >= 0.6 is 0 Å². The van der Waals surface area contributed by atoms with Crippen molar-refractivity contribution in [3.8, 4) is 40.1 Å². The highest BCUT2D eigenvalue weighted by atomic mass is 16.2. The number of rotatable bonds is 4. The normalized spacial score (nSPS) is 12.3. The maximum Gasteiger partial charge on any atom is 0.268 e. The molecule has 0 spiro atoms. The third-order valence-corrected chi connectivity index (χ3v) is 8.42. The van der Waals surface area contributed by atoms with Crippen LogP contribution in [0.25, 0.3) is 49.7 Å². The zero-order valence-corrected chi connectivity index (χ0v) is 24.0. The summed E-state index contributed by atoms with van der Waals surface area (Å²) in [6, 6.07) is 33.9. The van der Waals surface area contributed by atoms with Crippen molar-refractivity contribution in [3.63, 3.8) is 0 Å². The molecule has 8 heteroatoms. The number of amides is 2. The van der Waals surface area contributed by atoms with E-state index in [1.807, 2.05) is 53.1 Å². The Bertz CT molecular complexity index is 2390. The number of carbonyl (C=O) groups is 2. The van der Waals surface area contributed by atoms with Crippen molar-refractivity contribution in [1.29, 1.82) is 10.5 Å². The van der Waals surface area contributed by atoms with Gasteiger partial charge in [0.1, 0.15) is 0 Å². The van der Waals surface area contributed by atoms with Gasteiger partial charge in [0.15, 0.2) is 0 Å². The van der Waals surface area contributed by atoms with E-state index in [0.29, 0.717) is 44.8 Å². The zero-order chi connectivity index (χ0) is 31.4. The van der Waals surface area contributed by atoms with Gasteiger partial charge < -0.3 is 4.57 Å². The minimum absolute atomic E-state index is 0.321. The second kappa shape index (κ2) is 10.4. The summed E-state index contributed by atoms with van der Waals surface area (Å²) in [6.07, 6.45) is 6.52. The molecule has 0 unspecified atom stereocenters. The molecular weight excluding hydrogens is 572 g/mol. The van der Waals surface area contributed by atoms with E-state index < -0.39 is 5.91 Å². The molecular formula is C38H20N6O2. The van der Waals surface area contributed by atoms with Crippen molar-refractivity contribution in [1.82, 2.24) is 14.5 Å². The second-order valence-corrected chi connectivity index (χ2v) is 10.8. The number of carbonyl (C=O) groups excluding carboxylic acids is 2. The molecule has 8 rings (SSSR count). The summed E-state index contributed by atoms with van der Waals surface area (Å²) in [4.78, 5) is 37.4. The molecule has 8 nitrogen and oxygen atoms in total. The number of aromatic nitrogens is 3. The highest BCUT2D eigenvalue weighted by molar-refractivity contribution is 6.35. The maximum absolute atomic E-state index is 14.0. The van der Waals surface area contributed by atoms with Crippen LogP contribution in [0.1, 0.15) is 31.8 Å². The third-order valence-electron chi connectivity index (χ3n) is 8.42. The predicted molar refractivity (Wildman–Crippen MR) is 174 cm³/mol. The van der Waals surface area contributed by atoms with E-state index in [9.17, 15) is 20.1 Å². The number of hydrogen-bond acceptors (Lipinski definition) is 6. The Balaban J connectivity index is 1.42. The number of hydrogen-bond donors (Lipinski definition) is 0. The number of fused-ring (bicyclic) bond motifs is 4. The van der Waals surface area contributed by atoms with Crippen LogP contribution in [0.15, 0.2) is 122 Å². The zero-order valence-electron chi connectivity index (χ0n) is 24.0. The van der Waals surface area contributed by atoms with Crippen LogP contribution in [0.5, 0.6) is 0 Å². The summed E-state index contributed by atoms with van der Waals surface area (Å²) in [5.41, 5.74) is 7.34. The minimum atomic E-state index is -0.395. The van der Waals surface area contributed by atoms with Crippen molar-refractivity contribution in [2.24, 2.45) is 0 Å². The van der Waals surface area contributed by atoms with Crippen LogP contribution in [0.2, 0.25) is 0 Å². The van der Waals surface area contributed by atoms with Crippen LogP contribution in [0.4, 0.5) is 5.69 Å². The molecule has 0 N–H and O–H groups in total. The van der Waals surface area contributed by atoms with Crippen LogP contribution in [0.3, 0.4) is 0 Å². The van der Waals surface area contributed by atoms with Gasteiger partial charge in [-0.2, -0.15) is 10.5 Å². The molecule has 0 aliphatic carbocycles. The lowest BCUT2D eigenvalue weighted by Crippen LogP contribution is -2.29. The molecule has 0 saturated carbocycles. The first-order valence-corrected chi connectivity index (χ1v) is 14.4. The molecule has 0 radical (unpaired) electrons. The Morgan fingerprint density at radius 1 is 0.587 bits per heavy atom. The largest absolute Gasteiger partial charge is 0.308 e. The fraction of sp³-hybridized carbons (Fsp3) is 0. The molecule has 0 fully saturated rings. The summed E-state index contributed by atoms with van der Waals surface area (Å²) >= 11 is 0. The number of para-hydroxylation sites is 1. The van der Waals surface area contributed by atoms with Gasteiger partial charge >= 0.3 is 0 Å². The predicted octanol–water partition coefficient (Wildman–Crippen LogP) is 7.45. The van der Waals surface area contributed by atoms with E-state index in [4.69, 9.17) is 0 Å². The fourth-order valence-electron chi connectivity index (χ4n) is 6.33. The van der Waals surface area contributed by atoms with E-state index in [1.54, 1.807) is 73.3 Å². The summed E-state index contributed by atoms with van der Waals surface area (Å²) in [7, 11) is 0. The molecule has 3 aromatic heterocycles. The monoisotopic (exact) mass is 592 g/mol. The van der Waals surface area contributed by atoms with E-state index in [0.717, 1.165) is 32.9 Å². The lowest BCUT2D eigenvalue weighted by Gasteiger charge is -2.14. The van der Waals surface area contributed by atoms with Gasteiger partial charge in [0.25, 0.3) is 11.8 Å². The molecule has 1 aliphatic heterocycles. The smallest absolute Gasteiger partial charge is 0.268 e. The molecule has 7 aromatic rings. The van der Waals surface area contributed by atoms with Crippen molar-refractivity contribution < 1.29 is 9.59 Å². The topological polar surface area (TPSA) is 116 Å². The van der Waals surface area contributed by atoms with Crippen molar-refractivity contribution in [2.75, 3.05) is 4.90 Å². The SMILES string of the molecule is N#Cc1ccncc1-c1ccc2c(c1)c1cc(-c3cnccc3C#N)ccc1n2-c1cccc2c1C(=O)N(c1ccccc1)C2=O. The summed E-state index contributed by atoms with van der Waals surface area (Å²) < 4.78 is 2.00. The van der Waals surface area contributed by atoms with Gasteiger partial charge in [0.05, 0.1) is 56.8 Å². The third kappa shape index (κ3) is 3.92. The average Bonchev–Trinajstić information content (AvgIpc) is 3.58. The quantitative estimate of drug-likeness (QED) is 0.196. The number of anilines is 1. The summed E-state index contributed by atoms with van der Waals surface area (Å²) in [5.74, 6) is -0.771. The fourth-order valence-corrected chi connectivity index (χ4v) is 6.33. The lowest BCUT2D eigenvalue weighted by molar-refractivity contribution is 0.0926. The molecule has 4 aromatic carbocycles. The Hall–Kier alpha value is -6.90. The van der Waals surface area contributed by atoms with E-state index in [-0.39, 0.29) is 5.91 Å². The van der Waals surface area contributed by atoms with E-state index >= 15 is 0 Å². The molecule has 0 saturated heterocycles. The van der Waals surface area contributed by atoms with Gasteiger partial charge in [-0.1, -0.05) is 36.4 Å². The van der Waals surface area contributed by atoms with Crippen LogP contribution in [-0.4, -0.2) is 26.3 Å². The Morgan fingerprint density at radius 2 is 1.17 bits per heavy atom. The number of benzene rings is 4. The summed E-state index contributed by atoms with van der Waals surface area (Å²) in [5, 5.41) is 21.3. The van der Waals surface area contributed by atoms with Gasteiger partial charge in [-0.3, -0.25) is 19.6 Å². The summed E-state index contributed by atoms with van der Waals surface area (Å²) in [6.45, 7) is 0. The molecule has 4 heterocycles. The standard InChI is InChI=1S/C38H20N6O2/c39-19-25-13-15-41-21-31(25)23-9-11-33-29(17-23)30-18-24(32-22-42-16-14-26(32)20-40)10-12-34(30)44(33)35-8-4-7-28-36(35)38(46)43(37(28)45)27-5-2-1-3-6-27/h1-18,21-22H. The Kier molecular flexibility index (Phi) is 6.02. The number of nitrogens with zero attached hydrogens (tertiary/aromatic N) is 6. The van der Waals surface area contributed by atoms with Crippen molar-refractivity contribution in [2.45, 2.75) is 0 Å². The highest BCUT2D eigenvalue weighted by Gasteiger charge is 2.39. The lowest BCUT2D eigenvalue weighted by atomic mass is 9.98. The molecule has 0 bridgehead atoms. The highest BCUT2D eigenvalue weighted by Crippen LogP contribution is 2.40. The first kappa shape index (κ1) is 26.7. The Labute approximate surface area is 262 Å². The Morgan fingerprint density at radius 3 is 1.74 bits per heavy atom. The average molecular weight is 593 g/mol.